The molecule has 2 aromatic carbocycles. The summed E-state index contributed by atoms with van der Waals surface area (Å²) in [5, 5.41) is 21.6. The minimum atomic E-state index is -0.238. The van der Waals surface area contributed by atoms with Gasteiger partial charge in [-0.1, -0.05) is 12.1 Å². The van der Waals surface area contributed by atoms with Crippen LogP contribution in [0.2, 0.25) is 0 Å². The molecule has 27 heavy (non-hydrogen) atoms. The number of nitrogens with one attached hydrogen (secondary N) is 2. The van der Waals surface area contributed by atoms with Crippen LogP contribution in [0.25, 0.3) is 0 Å². The van der Waals surface area contributed by atoms with Crippen LogP contribution in [-0.4, -0.2) is 23.6 Å². The zero-order chi connectivity index (χ0) is 18.8. The number of benzene rings is 2. The third kappa shape index (κ3) is 3.72. The quantitative estimate of drug-likeness (QED) is 0.473. The minimum Gasteiger partial charge on any atom is -0.450 e. The van der Waals surface area contributed by atoms with E-state index in [-0.39, 0.29) is 12.6 Å². The number of aliphatic hydroxyl groups excluding tert-OH is 1. The number of hydrogen-bond acceptors (Lipinski definition) is 4. The normalized spacial score (nSPS) is 14.6. The molecular weight excluding hydrogens is 359 g/mol. The smallest absolute Gasteiger partial charge is 0.329 e. The van der Waals surface area contributed by atoms with Gasteiger partial charge in [-0.15, -0.1) is 0 Å². The predicted octanol–water partition coefficient (Wildman–Crippen LogP) is 2.22. The van der Waals surface area contributed by atoms with Gasteiger partial charge in [0.25, 0.3) is 0 Å². The molecule has 0 saturated carbocycles. The van der Waals surface area contributed by atoms with Gasteiger partial charge in [0.2, 0.25) is 0 Å². The standard InChI is InChI=1S/C20H22BN2O3S/c24-11-14-10-15(7-8-18(14)21-26)27-23-20(25)22-19-16-5-1-3-12(16)9-13-4-2-6-17(13)19/h7-10,24,26H,1-6,11H2,(H2,22,23,25). The van der Waals surface area contributed by atoms with Crippen molar-refractivity contribution in [3.05, 3.63) is 52.1 Å². The number of aryl methyl sites for hydroxylation is 2. The predicted molar refractivity (Wildman–Crippen MR) is 108 cm³/mol. The molecule has 0 heterocycles. The molecule has 139 valence electrons. The van der Waals surface area contributed by atoms with E-state index in [0.29, 0.717) is 11.0 Å². The van der Waals surface area contributed by atoms with E-state index < -0.39 is 0 Å². The molecule has 4 N–H and O–H groups in total. The highest BCUT2D eigenvalue weighted by Gasteiger charge is 2.24. The zero-order valence-corrected chi connectivity index (χ0v) is 15.9. The fourth-order valence-electron chi connectivity index (χ4n) is 4.12. The third-order valence-electron chi connectivity index (χ3n) is 5.40. The summed E-state index contributed by atoms with van der Waals surface area (Å²) >= 11 is 1.19. The van der Waals surface area contributed by atoms with Gasteiger partial charge in [-0.2, -0.15) is 0 Å². The molecule has 1 radical (unpaired) electrons. The highest BCUT2D eigenvalue weighted by Crippen LogP contribution is 2.38. The van der Waals surface area contributed by atoms with Gasteiger partial charge in [-0.05, 0) is 95.9 Å². The summed E-state index contributed by atoms with van der Waals surface area (Å²) in [6, 6.07) is 7.37. The lowest BCUT2D eigenvalue weighted by Gasteiger charge is -2.16. The molecule has 0 bridgehead atoms. The first-order valence-electron chi connectivity index (χ1n) is 9.31. The van der Waals surface area contributed by atoms with Crippen LogP contribution in [0.15, 0.2) is 29.2 Å². The maximum atomic E-state index is 12.5. The van der Waals surface area contributed by atoms with Crippen LogP contribution in [0.3, 0.4) is 0 Å². The largest absolute Gasteiger partial charge is 0.450 e. The molecule has 4 rings (SSSR count). The molecule has 0 spiro atoms. The first kappa shape index (κ1) is 18.4. The first-order valence-corrected chi connectivity index (χ1v) is 10.1. The molecule has 0 aromatic heterocycles. The Morgan fingerprint density at radius 1 is 1.07 bits per heavy atom. The summed E-state index contributed by atoms with van der Waals surface area (Å²) in [5.74, 6) is 0. The summed E-state index contributed by atoms with van der Waals surface area (Å²) in [4.78, 5) is 13.3. The molecule has 2 aromatic rings. The van der Waals surface area contributed by atoms with Gasteiger partial charge in [0, 0.05) is 10.6 Å². The van der Waals surface area contributed by atoms with E-state index in [1.165, 1.54) is 34.2 Å². The number of fused-ring (bicyclic) bond motifs is 2. The van der Waals surface area contributed by atoms with Crippen LogP contribution in [-0.2, 0) is 32.3 Å². The van der Waals surface area contributed by atoms with Gasteiger partial charge in [0.1, 0.15) is 0 Å². The van der Waals surface area contributed by atoms with E-state index in [0.717, 1.165) is 56.6 Å². The second-order valence-corrected chi connectivity index (χ2v) is 7.92. The third-order valence-corrected chi connectivity index (χ3v) is 6.17. The van der Waals surface area contributed by atoms with Gasteiger partial charge in [-0.3, -0.25) is 4.72 Å². The molecule has 2 aliphatic rings. The Kier molecular flexibility index (Phi) is 5.43. The molecule has 0 unspecified atom stereocenters. The van der Waals surface area contributed by atoms with E-state index in [2.05, 4.69) is 16.1 Å². The molecule has 0 aliphatic heterocycles. The monoisotopic (exact) mass is 381 g/mol. The van der Waals surface area contributed by atoms with Crippen molar-refractivity contribution in [2.24, 2.45) is 0 Å². The van der Waals surface area contributed by atoms with Crippen molar-refractivity contribution < 1.29 is 14.9 Å². The number of urea groups is 1. The Hall–Kier alpha value is -1.96. The summed E-state index contributed by atoms with van der Waals surface area (Å²) in [5.41, 5.74) is 7.61. The molecule has 2 aliphatic carbocycles. The number of amides is 2. The summed E-state index contributed by atoms with van der Waals surface area (Å²) in [6.45, 7) is -0.171. The van der Waals surface area contributed by atoms with Crippen LogP contribution < -0.4 is 15.5 Å². The maximum Gasteiger partial charge on any atom is 0.329 e. The lowest BCUT2D eigenvalue weighted by atomic mass is 9.85. The van der Waals surface area contributed by atoms with Crippen molar-refractivity contribution >= 4 is 36.6 Å². The number of anilines is 1. The van der Waals surface area contributed by atoms with Crippen molar-refractivity contribution in [2.75, 3.05) is 5.32 Å². The summed E-state index contributed by atoms with van der Waals surface area (Å²) in [7, 11) is 0.969. The molecule has 0 atom stereocenters. The van der Waals surface area contributed by atoms with Crippen LogP contribution in [0.4, 0.5) is 10.5 Å². The van der Waals surface area contributed by atoms with Crippen molar-refractivity contribution in [2.45, 2.75) is 50.0 Å². The molecular formula is C20H22BN2O3S. The number of carbonyl (C=O) groups excluding carboxylic acids is 1. The zero-order valence-electron chi connectivity index (χ0n) is 15.0. The van der Waals surface area contributed by atoms with Gasteiger partial charge in [0.15, 0.2) is 0 Å². The van der Waals surface area contributed by atoms with Crippen molar-refractivity contribution in [3.63, 3.8) is 0 Å². The Morgan fingerprint density at radius 2 is 1.78 bits per heavy atom. The highest BCUT2D eigenvalue weighted by molar-refractivity contribution is 7.98. The van der Waals surface area contributed by atoms with Crippen LogP contribution >= 0.6 is 11.9 Å². The van der Waals surface area contributed by atoms with Crippen LogP contribution in [0.5, 0.6) is 0 Å². The van der Waals surface area contributed by atoms with Crippen LogP contribution in [0.1, 0.15) is 40.7 Å². The number of carbonyl (C=O) groups is 1. The average molecular weight is 381 g/mol. The van der Waals surface area contributed by atoms with E-state index in [1.807, 2.05) is 0 Å². The lowest BCUT2D eigenvalue weighted by molar-refractivity contribution is 0.257. The minimum absolute atomic E-state index is 0.171. The fraction of sp³-hybridized carbons (Fsp3) is 0.350. The second-order valence-electron chi connectivity index (χ2n) is 7.04. The van der Waals surface area contributed by atoms with Gasteiger partial charge in [-0.25, -0.2) is 4.79 Å². The Labute approximate surface area is 164 Å². The van der Waals surface area contributed by atoms with Crippen molar-refractivity contribution in [3.8, 4) is 0 Å². The molecule has 2 amide bonds. The van der Waals surface area contributed by atoms with Crippen molar-refractivity contribution in [1.29, 1.82) is 0 Å². The molecule has 0 saturated heterocycles. The van der Waals surface area contributed by atoms with Gasteiger partial charge < -0.3 is 15.4 Å². The van der Waals surface area contributed by atoms with E-state index >= 15 is 0 Å². The number of aliphatic hydroxyl groups is 1. The van der Waals surface area contributed by atoms with E-state index in [1.54, 1.807) is 18.2 Å². The van der Waals surface area contributed by atoms with E-state index in [9.17, 15) is 9.90 Å². The highest BCUT2D eigenvalue weighted by atomic mass is 32.2. The summed E-state index contributed by atoms with van der Waals surface area (Å²) in [6.07, 6.45) is 6.58. The molecule has 7 heteroatoms. The SMILES string of the molecule is O=C(NSc1ccc([B]O)c(CO)c1)Nc1c2c(cc3c1CCC3)CCC2. The maximum absolute atomic E-state index is 12.5. The topological polar surface area (TPSA) is 81.6 Å². The second kappa shape index (κ2) is 7.96. The number of rotatable bonds is 5. The summed E-state index contributed by atoms with van der Waals surface area (Å²) < 4.78 is 2.83. The van der Waals surface area contributed by atoms with Gasteiger partial charge >= 0.3 is 13.5 Å². The number of hydrogen-bond donors (Lipinski definition) is 4. The molecule has 5 nitrogen and oxygen atoms in total. The Bertz CT molecular complexity index is 856. The van der Waals surface area contributed by atoms with Crippen LogP contribution in [0, 0.1) is 0 Å². The fourth-order valence-corrected chi connectivity index (χ4v) is 4.72. The first-order chi connectivity index (χ1) is 13.2. The van der Waals surface area contributed by atoms with E-state index in [4.69, 9.17) is 5.02 Å². The average Bonchev–Trinajstić information content (AvgIpc) is 3.35. The van der Waals surface area contributed by atoms with Crippen molar-refractivity contribution in [1.82, 2.24) is 4.72 Å². The Morgan fingerprint density at radius 3 is 2.41 bits per heavy atom. The van der Waals surface area contributed by atoms with Gasteiger partial charge in [0.05, 0.1) is 6.61 Å². The molecule has 0 fully saturated rings. The Balaban J connectivity index is 1.47. The lowest BCUT2D eigenvalue weighted by Crippen LogP contribution is -2.24.